The van der Waals surface area contributed by atoms with Crippen LogP contribution in [0.2, 0.25) is 0 Å². The molecule has 9 rings (SSSR count). The summed E-state index contributed by atoms with van der Waals surface area (Å²) in [6.07, 6.45) is 14.1. The molecule has 286 valence electrons. The lowest BCUT2D eigenvalue weighted by Crippen LogP contribution is -2.59. The minimum Gasteiger partial charge on any atom is -0.508 e. The highest BCUT2D eigenvalue weighted by atomic mass is 79.9. The summed E-state index contributed by atoms with van der Waals surface area (Å²) >= 11 is 3.35. The van der Waals surface area contributed by atoms with Crippen molar-refractivity contribution in [2.45, 2.75) is 88.9 Å². The van der Waals surface area contributed by atoms with Gasteiger partial charge in [-0.15, -0.1) is 0 Å². The van der Waals surface area contributed by atoms with Crippen LogP contribution >= 0.6 is 15.9 Å². The summed E-state index contributed by atoms with van der Waals surface area (Å²) < 4.78 is 20.7. The maximum Gasteiger partial charge on any atom is 0.339 e. The highest BCUT2D eigenvalue weighted by molar-refractivity contribution is 9.10. The molecular weight excluding hydrogens is 746 g/mol. The van der Waals surface area contributed by atoms with E-state index >= 15 is 0 Å². The predicted molar refractivity (Wildman–Crippen MR) is 210 cm³/mol. The largest absolute Gasteiger partial charge is 0.508 e. The Morgan fingerprint density at radius 1 is 1.06 bits per heavy atom. The van der Waals surface area contributed by atoms with E-state index in [0.29, 0.717) is 35.7 Å². The van der Waals surface area contributed by atoms with Crippen molar-refractivity contribution in [3.05, 3.63) is 93.3 Å². The molecule has 1 saturated heterocycles. The molecule has 10 heteroatoms. The SMILES string of the molecule is CC(=O)OC1CCC2C3CCc4cc(O)ccc4C3CCC12C.COC12CC(COC(=O)c3cncc(Br)c3)CN(C)C1Cc1cn(C)c3cccc2c13. The van der Waals surface area contributed by atoms with Gasteiger partial charge >= 0.3 is 11.9 Å². The van der Waals surface area contributed by atoms with Crippen LogP contribution in [0.25, 0.3) is 10.9 Å². The van der Waals surface area contributed by atoms with Crippen LogP contribution in [0.15, 0.2) is 65.5 Å². The Bertz CT molecular complexity index is 2080. The average Bonchev–Trinajstić information content (AvgIpc) is 3.66. The van der Waals surface area contributed by atoms with Crippen molar-refractivity contribution in [2.75, 3.05) is 27.3 Å². The van der Waals surface area contributed by atoms with Crippen molar-refractivity contribution in [1.29, 1.82) is 0 Å². The number of esters is 2. The highest BCUT2D eigenvalue weighted by Crippen LogP contribution is 2.61. The lowest BCUT2D eigenvalue weighted by atomic mass is 9.55. The number of aryl methyl sites for hydroxylation is 2. The van der Waals surface area contributed by atoms with E-state index < -0.39 is 5.60 Å². The molecule has 9 nitrogen and oxygen atoms in total. The van der Waals surface area contributed by atoms with Crippen molar-refractivity contribution in [3.63, 3.8) is 0 Å². The van der Waals surface area contributed by atoms with Gasteiger partial charge in [-0.1, -0.05) is 25.1 Å². The number of ether oxygens (including phenoxy) is 3. The highest BCUT2D eigenvalue weighted by Gasteiger charge is 2.56. The first kappa shape index (κ1) is 37.2. The van der Waals surface area contributed by atoms with E-state index in [-0.39, 0.29) is 35.4 Å². The molecule has 1 N–H and O–H groups in total. The van der Waals surface area contributed by atoms with E-state index in [0.717, 1.165) is 43.1 Å². The number of nitrogens with zero attached hydrogens (tertiary/aromatic N) is 3. The third-order valence-electron chi connectivity index (χ3n) is 13.9. The molecule has 8 atom stereocenters. The van der Waals surface area contributed by atoms with Gasteiger partial charge in [-0.2, -0.15) is 0 Å². The fourth-order valence-corrected chi connectivity index (χ4v) is 11.9. The summed E-state index contributed by atoms with van der Waals surface area (Å²) in [5.74, 6) is 2.06. The topological polar surface area (TPSA) is 103 Å². The van der Waals surface area contributed by atoms with Crippen LogP contribution < -0.4 is 0 Å². The second kappa shape index (κ2) is 14.4. The maximum atomic E-state index is 12.5. The van der Waals surface area contributed by atoms with Gasteiger partial charge in [0.25, 0.3) is 0 Å². The number of halogens is 1. The van der Waals surface area contributed by atoms with E-state index in [1.165, 1.54) is 65.5 Å². The Kier molecular flexibility index (Phi) is 9.93. The number of hydrogen-bond acceptors (Lipinski definition) is 8. The number of piperidine rings is 1. The van der Waals surface area contributed by atoms with Gasteiger partial charge in [0.05, 0.1) is 12.2 Å². The molecule has 0 radical (unpaired) electrons. The Balaban J connectivity index is 0.000000160. The predicted octanol–water partition coefficient (Wildman–Crippen LogP) is 8.09. The molecule has 3 heterocycles. The molecule has 4 aliphatic carbocycles. The number of benzene rings is 2. The van der Waals surface area contributed by atoms with Crippen LogP contribution in [0.1, 0.15) is 90.9 Å². The first-order valence-corrected chi connectivity index (χ1v) is 20.3. The van der Waals surface area contributed by atoms with Gasteiger partial charge in [-0.05, 0) is 139 Å². The summed E-state index contributed by atoms with van der Waals surface area (Å²) in [4.78, 5) is 30.4. The molecule has 8 unspecified atom stereocenters. The van der Waals surface area contributed by atoms with Crippen molar-refractivity contribution in [1.82, 2.24) is 14.5 Å². The number of phenols is 1. The Morgan fingerprint density at radius 2 is 1.89 bits per heavy atom. The normalized spacial score (nSPS) is 30.9. The van der Waals surface area contributed by atoms with Crippen LogP contribution in [0.4, 0.5) is 0 Å². The maximum absolute atomic E-state index is 12.5. The molecule has 2 aromatic carbocycles. The number of pyridine rings is 1. The standard InChI is InChI=1S/C24H26BrN3O3.C20H26O3/c1-27-13-17-8-21-24(30-3,19-5-4-6-20(27)22(17)19)9-15(12-28(21)2)14-31-23(29)16-7-18(25)11-26-10-16;1-12(21)23-19-8-7-18-17-5-3-13-11-14(22)4-6-15(13)16(17)9-10-20(18,19)2/h4-7,10-11,13,15,21H,8-9,12,14H2,1-3H3;4,6,11,16-19,22H,3,5,7-10H2,1-2H3. The lowest BCUT2D eigenvalue weighted by molar-refractivity contribution is -0.154. The molecule has 1 aliphatic heterocycles. The van der Waals surface area contributed by atoms with Crippen LogP contribution in [-0.4, -0.2) is 71.0 Å². The van der Waals surface area contributed by atoms with Gasteiger partial charge in [0, 0.05) is 79.0 Å². The van der Waals surface area contributed by atoms with Crippen molar-refractivity contribution >= 4 is 38.8 Å². The molecule has 0 spiro atoms. The number of aromatic hydroxyl groups is 1. The molecule has 0 amide bonds. The van der Waals surface area contributed by atoms with Crippen molar-refractivity contribution in [3.8, 4) is 5.75 Å². The summed E-state index contributed by atoms with van der Waals surface area (Å²) in [7, 11) is 6.07. The fraction of sp³-hybridized carbons (Fsp3) is 0.523. The minimum atomic E-state index is -0.421. The van der Waals surface area contributed by atoms with Crippen LogP contribution in [-0.2, 0) is 44.5 Å². The Labute approximate surface area is 326 Å². The average molecular weight is 799 g/mol. The molecular formula is C44H52BrN3O6. The third-order valence-corrected chi connectivity index (χ3v) is 14.3. The summed E-state index contributed by atoms with van der Waals surface area (Å²) in [5, 5.41) is 11.1. The number of likely N-dealkylation sites (tertiary alicyclic amines) is 1. The number of phenolic OH excluding ortho intramolecular Hbond substituents is 1. The molecule has 4 aromatic rings. The Morgan fingerprint density at radius 3 is 2.67 bits per heavy atom. The zero-order valence-corrected chi connectivity index (χ0v) is 33.6. The number of rotatable bonds is 5. The van der Waals surface area contributed by atoms with Gasteiger partial charge in [0.2, 0.25) is 0 Å². The summed E-state index contributed by atoms with van der Waals surface area (Å²) in [5.41, 5.74) is 6.84. The van der Waals surface area contributed by atoms with Gasteiger partial charge in [0.1, 0.15) is 17.5 Å². The fourth-order valence-electron chi connectivity index (χ4n) is 11.5. The third kappa shape index (κ3) is 6.36. The second-order valence-corrected chi connectivity index (χ2v) is 17.7. The van der Waals surface area contributed by atoms with Crippen LogP contribution in [0.5, 0.6) is 5.75 Å². The number of methoxy groups -OCH3 is 1. The van der Waals surface area contributed by atoms with Gasteiger partial charge in [0.15, 0.2) is 0 Å². The summed E-state index contributed by atoms with van der Waals surface area (Å²) in [6.45, 7) is 5.09. The van der Waals surface area contributed by atoms with Crippen molar-refractivity contribution in [2.24, 2.45) is 30.2 Å². The second-order valence-electron chi connectivity index (χ2n) is 16.8. The smallest absolute Gasteiger partial charge is 0.339 e. The number of hydrogen-bond donors (Lipinski definition) is 1. The van der Waals surface area contributed by atoms with Crippen LogP contribution in [0.3, 0.4) is 0 Å². The number of carbonyl (C=O) groups excluding carboxylic acids is 2. The monoisotopic (exact) mass is 797 g/mol. The zero-order chi connectivity index (χ0) is 37.9. The molecule has 2 aromatic heterocycles. The van der Waals surface area contributed by atoms with Crippen LogP contribution in [0, 0.1) is 23.2 Å². The molecule has 5 aliphatic rings. The van der Waals surface area contributed by atoms with Gasteiger partial charge < -0.3 is 23.9 Å². The van der Waals surface area contributed by atoms with E-state index in [9.17, 15) is 14.7 Å². The van der Waals surface area contributed by atoms with Crippen molar-refractivity contribution < 1.29 is 28.9 Å². The van der Waals surface area contributed by atoms with E-state index in [2.05, 4.69) is 81.9 Å². The quantitative estimate of drug-likeness (QED) is 0.202. The zero-order valence-electron chi connectivity index (χ0n) is 32.0. The number of carbonyl (C=O) groups is 2. The number of likely N-dealkylation sites (N-methyl/N-ethyl adjacent to an activating group) is 1. The first-order valence-electron chi connectivity index (χ1n) is 19.5. The number of aromatic nitrogens is 2. The van der Waals surface area contributed by atoms with E-state index in [4.69, 9.17) is 14.2 Å². The van der Waals surface area contributed by atoms with E-state index in [1.807, 2.05) is 19.2 Å². The molecule has 3 fully saturated rings. The number of fused-ring (bicyclic) bond motifs is 7. The summed E-state index contributed by atoms with van der Waals surface area (Å²) in [6, 6.07) is 14.4. The van der Waals surface area contributed by atoms with Gasteiger partial charge in [-0.3, -0.25) is 14.7 Å². The minimum absolute atomic E-state index is 0.104. The van der Waals surface area contributed by atoms with Gasteiger partial charge in [-0.25, -0.2) is 4.79 Å². The first-order chi connectivity index (χ1) is 25.9. The molecule has 2 saturated carbocycles. The molecule has 0 bridgehead atoms. The van der Waals surface area contributed by atoms with E-state index in [1.54, 1.807) is 12.3 Å². The lowest BCUT2D eigenvalue weighted by Gasteiger charge is -2.53. The Hall–Kier alpha value is -3.73. The molecule has 54 heavy (non-hydrogen) atoms.